The third kappa shape index (κ3) is 3.08. The maximum absolute atomic E-state index is 12.1. The Morgan fingerprint density at radius 3 is 2.53 bits per heavy atom. The topological polar surface area (TPSA) is 89.3 Å². The molecule has 7 heteroatoms. The Labute approximate surface area is 117 Å². The largest absolute Gasteiger partial charge is 0.349 e. The van der Waals surface area contributed by atoms with Crippen LogP contribution in [0.15, 0.2) is 17.0 Å². The molecule has 2 rings (SSSR count). The van der Waals surface area contributed by atoms with Gasteiger partial charge in [0.1, 0.15) is 0 Å². The van der Waals surface area contributed by atoms with E-state index in [2.05, 4.69) is 5.32 Å². The molecule has 1 amide bonds. The van der Waals surface area contributed by atoms with Gasteiger partial charge in [-0.3, -0.25) is 4.79 Å². The molecule has 0 spiro atoms. The fourth-order valence-corrected chi connectivity index (χ4v) is 3.11. The molecule has 1 aliphatic carbocycles. The molecular formula is C12H15ClN2O3S. The summed E-state index contributed by atoms with van der Waals surface area (Å²) >= 11 is 5.86. The van der Waals surface area contributed by atoms with Gasteiger partial charge in [0, 0.05) is 16.6 Å². The van der Waals surface area contributed by atoms with Crippen LogP contribution in [0.25, 0.3) is 0 Å². The van der Waals surface area contributed by atoms with Crippen LogP contribution in [0.5, 0.6) is 0 Å². The lowest BCUT2D eigenvalue weighted by atomic mass is 9.92. The Morgan fingerprint density at radius 1 is 1.42 bits per heavy atom. The number of benzene rings is 1. The average molecular weight is 303 g/mol. The van der Waals surface area contributed by atoms with Crippen LogP contribution in [-0.4, -0.2) is 20.4 Å². The van der Waals surface area contributed by atoms with Crippen molar-refractivity contribution in [3.05, 3.63) is 28.3 Å². The van der Waals surface area contributed by atoms with Crippen LogP contribution in [0.3, 0.4) is 0 Å². The fraction of sp³-hybridized carbons (Fsp3) is 0.417. The van der Waals surface area contributed by atoms with Gasteiger partial charge in [-0.05, 0) is 43.9 Å². The molecule has 1 aromatic carbocycles. The van der Waals surface area contributed by atoms with Crippen molar-refractivity contribution in [3.8, 4) is 0 Å². The van der Waals surface area contributed by atoms with Crippen molar-refractivity contribution in [1.82, 2.24) is 5.32 Å². The van der Waals surface area contributed by atoms with E-state index in [-0.39, 0.29) is 27.4 Å². The number of carbonyl (C=O) groups excluding carboxylic acids is 1. The van der Waals surface area contributed by atoms with E-state index in [1.54, 1.807) is 6.92 Å². The van der Waals surface area contributed by atoms with Crippen molar-refractivity contribution in [2.45, 2.75) is 37.1 Å². The Bertz CT molecular complexity index is 624. The quantitative estimate of drug-likeness (QED) is 0.888. The first-order valence-corrected chi connectivity index (χ1v) is 7.85. The Morgan fingerprint density at radius 2 is 2.05 bits per heavy atom. The summed E-state index contributed by atoms with van der Waals surface area (Å²) in [7, 11) is -3.90. The summed E-state index contributed by atoms with van der Waals surface area (Å²) < 4.78 is 22.9. The molecular weight excluding hydrogens is 288 g/mol. The van der Waals surface area contributed by atoms with E-state index in [1.165, 1.54) is 12.1 Å². The van der Waals surface area contributed by atoms with Crippen molar-refractivity contribution in [2.75, 3.05) is 0 Å². The number of nitrogens with one attached hydrogen (secondary N) is 1. The second-order valence-electron chi connectivity index (χ2n) is 4.72. The van der Waals surface area contributed by atoms with E-state index < -0.39 is 10.0 Å². The van der Waals surface area contributed by atoms with Crippen molar-refractivity contribution in [2.24, 2.45) is 5.14 Å². The Hall–Kier alpha value is -1.11. The van der Waals surface area contributed by atoms with E-state index >= 15 is 0 Å². The molecule has 1 saturated carbocycles. The number of rotatable bonds is 3. The minimum Gasteiger partial charge on any atom is -0.349 e. The summed E-state index contributed by atoms with van der Waals surface area (Å²) in [6, 6.07) is 2.88. The molecule has 0 aliphatic heterocycles. The molecule has 104 valence electrons. The second-order valence-corrected chi connectivity index (χ2v) is 6.69. The van der Waals surface area contributed by atoms with E-state index in [9.17, 15) is 13.2 Å². The number of carbonyl (C=O) groups is 1. The number of hydrogen-bond donors (Lipinski definition) is 2. The van der Waals surface area contributed by atoms with E-state index in [0.717, 1.165) is 19.3 Å². The highest BCUT2D eigenvalue weighted by atomic mass is 35.5. The second kappa shape index (κ2) is 5.11. The first kappa shape index (κ1) is 14.3. The van der Waals surface area contributed by atoms with E-state index in [0.29, 0.717) is 5.56 Å². The van der Waals surface area contributed by atoms with Gasteiger partial charge in [0.05, 0.1) is 4.90 Å². The third-order valence-electron chi connectivity index (χ3n) is 3.32. The number of sulfonamides is 1. The van der Waals surface area contributed by atoms with E-state index in [4.69, 9.17) is 16.7 Å². The average Bonchev–Trinajstić information content (AvgIpc) is 2.24. The monoisotopic (exact) mass is 302 g/mol. The molecule has 1 fully saturated rings. The molecule has 0 bridgehead atoms. The normalized spacial score (nSPS) is 15.9. The number of amides is 1. The molecule has 0 atom stereocenters. The van der Waals surface area contributed by atoms with Crippen LogP contribution < -0.4 is 10.5 Å². The molecule has 0 radical (unpaired) electrons. The summed E-state index contributed by atoms with van der Waals surface area (Å²) in [5.41, 5.74) is 0.576. The predicted molar refractivity (Wildman–Crippen MR) is 72.7 cm³/mol. The Balaban J connectivity index is 2.39. The molecule has 0 unspecified atom stereocenters. The van der Waals surface area contributed by atoms with E-state index in [1.807, 2.05) is 0 Å². The highest BCUT2D eigenvalue weighted by Crippen LogP contribution is 2.25. The van der Waals surface area contributed by atoms with Crippen molar-refractivity contribution in [3.63, 3.8) is 0 Å². The predicted octanol–water partition coefficient (Wildman–Crippen LogP) is 1.58. The molecule has 19 heavy (non-hydrogen) atoms. The molecule has 1 aliphatic rings. The fourth-order valence-electron chi connectivity index (χ4n) is 2.00. The van der Waals surface area contributed by atoms with Crippen molar-refractivity contribution in [1.29, 1.82) is 0 Å². The lowest BCUT2D eigenvalue weighted by molar-refractivity contribution is 0.0916. The van der Waals surface area contributed by atoms with Crippen LogP contribution in [0.1, 0.15) is 35.2 Å². The third-order valence-corrected chi connectivity index (χ3v) is 4.57. The van der Waals surface area contributed by atoms with Crippen LogP contribution >= 0.6 is 11.6 Å². The van der Waals surface area contributed by atoms with Gasteiger partial charge in [0.2, 0.25) is 10.0 Å². The zero-order valence-corrected chi connectivity index (χ0v) is 12.0. The molecule has 0 saturated heterocycles. The number of halogens is 1. The lowest BCUT2D eigenvalue weighted by Crippen LogP contribution is -2.39. The van der Waals surface area contributed by atoms with Crippen LogP contribution in [0.2, 0.25) is 5.02 Å². The number of nitrogens with two attached hydrogens (primary N) is 1. The van der Waals surface area contributed by atoms with Crippen molar-refractivity contribution >= 4 is 27.5 Å². The Kier molecular flexibility index (Phi) is 3.85. The first-order chi connectivity index (χ1) is 8.79. The minimum atomic E-state index is -3.90. The lowest BCUT2D eigenvalue weighted by Gasteiger charge is -2.26. The summed E-state index contributed by atoms with van der Waals surface area (Å²) in [4.78, 5) is 12.0. The molecule has 3 N–H and O–H groups in total. The van der Waals surface area contributed by atoms with Gasteiger partial charge in [-0.25, -0.2) is 13.6 Å². The van der Waals surface area contributed by atoms with Gasteiger partial charge in [0.15, 0.2) is 0 Å². The standard InChI is InChI=1S/C12H15ClN2O3S/c1-7-10(12(16)15-9-3-2-4-9)5-8(13)6-11(7)19(14,17)18/h5-6,9H,2-4H2,1H3,(H,15,16)(H2,14,17,18). The molecule has 5 nitrogen and oxygen atoms in total. The molecule has 0 aromatic heterocycles. The van der Waals surface area contributed by atoms with Crippen molar-refractivity contribution < 1.29 is 13.2 Å². The SMILES string of the molecule is Cc1c(C(=O)NC2CCC2)cc(Cl)cc1S(N)(=O)=O. The summed E-state index contributed by atoms with van der Waals surface area (Å²) in [5, 5.41) is 8.14. The highest BCUT2D eigenvalue weighted by Gasteiger charge is 2.23. The van der Waals surface area contributed by atoms with Gasteiger partial charge in [-0.2, -0.15) is 0 Å². The summed E-state index contributed by atoms with van der Waals surface area (Å²) in [6.45, 7) is 1.55. The van der Waals surface area contributed by atoms with Gasteiger partial charge in [-0.1, -0.05) is 11.6 Å². The minimum absolute atomic E-state index is 0.112. The van der Waals surface area contributed by atoms with Crippen LogP contribution in [0, 0.1) is 6.92 Å². The van der Waals surface area contributed by atoms with Gasteiger partial charge >= 0.3 is 0 Å². The van der Waals surface area contributed by atoms with Crippen LogP contribution in [-0.2, 0) is 10.0 Å². The summed E-state index contributed by atoms with van der Waals surface area (Å²) in [6.07, 6.45) is 3.00. The number of hydrogen-bond acceptors (Lipinski definition) is 3. The smallest absolute Gasteiger partial charge is 0.251 e. The maximum Gasteiger partial charge on any atom is 0.251 e. The molecule has 0 heterocycles. The maximum atomic E-state index is 12.1. The van der Waals surface area contributed by atoms with Gasteiger partial charge in [-0.15, -0.1) is 0 Å². The van der Waals surface area contributed by atoms with Crippen LogP contribution in [0.4, 0.5) is 0 Å². The van der Waals surface area contributed by atoms with Gasteiger partial charge < -0.3 is 5.32 Å². The zero-order chi connectivity index (χ0) is 14.2. The highest BCUT2D eigenvalue weighted by molar-refractivity contribution is 7.89. The first-order valence-electron chi connectivity index (χ1n) is 5.93. The zero-order valence-electron chi connectivity index (χ0n) is 10.4. The summed E-state index contributed by atoms with van der Waals surface area (Å²) in [5.74, 6) is -0.311. The number of primary sulfonamides is 1. The molecule has 1 aromatic rings. The van der Waals surface area contributed by atoms with Gasteiger partial charge in [0.25, 0.3) is 5.91 Å².